The number of hydrogen-bond donors (Lipinski definition) is 1. The van der Waals surface area contributed by atoms with Crippen molar-refractivity contribution in [2.75, 3.05) is 6.61 Å². The van der Waals surface area contributed by atoms with Gasteiger partial charge in [0.25, 0.3) is 0 Å². The molecule has 1 unspecified atom stereocenters. The van der Waals surface area contributed by atoms with E-state index in [0.717, 1.165) is 22.7 Å². The van der Waals surface area contributed by atoms with Crippen molar-refractivity contribution >= 4 is 17.3 Å². The molecule has 1 aliphatic rings. The Balaban J connectivity index is 1.91. The van der Waals surface area contributed by atoms with E-state index in [1.165, 1.54) is 11.3 Å². The molecule has 0 saturated heterocycles. The lowest BCUT2D eigenvalue weighted by molar-refractivity contribution is -0.136. The van der Waals surface area contributed by atoms with Gasteiger partial charge in [0.05, 0.1) is 18.7 Å². The summed E-state index contributed by atoms with van der Waals surface area (Å²) in [4.78, 5) is 15.2. The van der Waals surface area contributed by atoms with Gasteiger partial charge in [-0.05, 0) is 12.5 Å². The normalized spacial score (nSPS) is 17.6. The number of carbonyl (C=O) groups is 1. The summed E-state index contributed by atoms with van der Waals surface area (Å²) in [5, 5.41) is 11.6. The molecule has 2 aromatic rings. The van der Waals surface area contributed by atoms with E-state index in [1.54, 1.807) is 0 Å². The number of nitrogens with zero attached hydrogens (tertiary/aromatic N) is 1. The quantitative estimate of drug-likeness (QED) is 0.935. The van der Waals surface area contributed by atoms with Crippen molar-refractivity contribution in [2.24, 2.45) is 0 Å². The molecule has 1 aromatic heterocycles. The Hall–Kier alpha value is -1.88. The van der Waals surface area contributed by atoms with E-state index in [0.29, 0.717) is 12.3 Å². The van der Waals surface area contributed by atoms with E-state index in [9.17, 15) is 4.79 Å². The number of ether oxygens (including phenoxy) is 1. The van der Waals surface area contributed by atoms with Crippen LogP contribution in [0.5, 0.6) is 5.75 Å². The van der Waals surface area contributed by atoms with E-state index in [4.69, 9.17) is 9.84 Å². The highest BCUT2D eigenvalue weighted by Gasteiger charge is 2.25. The second-order valence-electron chi connectivity index (χ2n) is 4.48. The molecular formula is C14H13NO3S. The number of carboxylic acids is 1. The third-order valence-corrected chi connectivity index (χ3v) is 4.17. The molecule has 0 aliphatic carbocycles. The van der Waals surface area contributed by atoms with E-state index in [1.807, 2.05) is 23.6 Å². The molecule has 0 radical (unpaired) electrons. The predicted molar refractivity (Wildman–Crippen MR) is 71.9 cm³/mol. The van der Waals surface area contributed by atoms with Gasteiger partial charge < -0.3 is 9.84 Å². The van der Waals surface area contributed by atoms with Crippen molar-refractivity contribution in [1.82, 2.24) is 4.98 Å². The lowest BCUT2D eigenvalue weighted by atomic mass is 9.94. The average Bonchev–Trinajstić information content (AvgIpc) is 2.85. The molecule has 1 aromatic carbocycles. The molecule has 2 heterocycles. The van der Waals surface area contributed by atoms with Crippen LogP contribution < -0.4 is 4.74 Å². The Morgan fingerprint density at radius 2 is 2.32 bits per heavy atom. The van der Waals surface area contributed by atoms with Crippen LogP contribution in [0, 0.1) is 0 Å². The summed E-state index contributed by atoms with van der Waals surface area (Å²) in [5.74, 6) is 0.287. The number of rotatable bonds is 3. The molecule has 5 heteroatoms. The van der Waals surface area contributed by atoms with Crippen LogP contribution in [0.4, 0.5) is 0 Å². The van der Waals surface area contributed by atoms with Crippen molar-refractivity contribution in [3.63, 3.8) is 0 Å². The van der Waals surface area contributed by atoms with Crippen LogP contribution in [-0.2, 0) is 11.2 Å². The van der Waals surface area contributed by atoms with Crippen LogP contribution in [0.1, 0.15) is 28.6 Å². The number of fused-ring (bicyclic) bond motifs is 1. The Kier molecular flexibility index (Phi) is 3.21. The van der Waals surface area contributed by atoms with E-state index < -0.39 is 5.97 Å². The van der Waals surface area contributed by atoms with Gasteiger partial charge in [-0.25, -0.2) is 4.98 Å². The maximum absolute atomic E-state index is 10.7. The zero-order valence-corrected chi connectivity index (χ0v) is 11.0. The summed E-state index contributed by atoms with van der Waals surface area (Å²) in [6.45, 7) is 0.676. The standard InChI is InChI=1S/C14H13NO3S/c16-13(17)7-9-8-19-14(15-9)11-5-6-18-12-4-2-1-3-10(11)12/h1-4,8,11H,5-7H2,(H,16,17). The van der Waals surface area contributed by atoms with Crippen LogP contribution >= 0.6 is 11.3 Å². The van der Waals surface area contributed by atoms with Gasteiger partial charge in [0.2, 0.25) is 0 Å². The fourth-order valence-corrected chi connectivity index (χ4v) is 3.29. The second kappa shape index (κ2) is 5.01. The summed E-state index contributed by atoms with van der Waals surface area (Å²) in [5.41, 5.74) is 1.78. The number of para-hydroxylation sites is 1. The summed E-state index contributed by atoms with van der Waals surface area (Å²) in [6.07, 6.45) is 0.873. The van der Waals surface area contributed by atoms with E-state index in [-0.39, 0.29) is 12.3 Å². The zero-order chi connectivity index (χ0) is 13.2. The van der Waals surface area contributed by atoms with Gasteiger partial charge in [0.1, 0.15) is 10.8 Å². The van der Waals surface area contributed by atoms with Crippen molar-refractivity contribution in [3.8, 4) is 5.75 Å². The Bertz CT molecular complexity index is 608. The van der Waals surface area contributed by atoms with E-state index in [2.05, 4.69) is 11.1 Å². The van der Waals surface area contributed by atoms with Crippen molar-refractivity contribution in [1.29, 1.82) is 0 Å². The fraction of sp³-hybridized carbons (Fsp3) is 0.286. The van der Waals surface area contributed by atoms with Crippen molar-refractivity contribution in [2.45, 2.75) is 18.8 Å². The number of aromatic nitrogens is 1. The number of carboxylic acid groups (broad SMARTS) is 1. The van der Waals surface area contributed by atoms with Crippen LogP contribution in [-0.4, -0.2) is 22.7 Å². The highest BCUT2D eigenvalue weighted by molar-refractivity contribution is 7.09. The molecule has 98 valence electrons. The smallest absolute Gasteiger partial charge is 0.309 e. The summed E-state index contributed by atoms with van der Waals surface area (Å²) in [7, 11) is 0. The van der Waals surface area contributed by atoms with E-state index >= 15 is 0 Å². The second-order valence-corrected chi connectivity index (χ2v) is 5.36. The molecule has 19 heavy (non-hydrogen) atoms. The molecule has 4 nitrogen and oxygen atoms in total. The lowest BCUT2D eigenvalue weighted by Gasteiger charge is -2.24. The Morgan fingerprint density at radius 1 is 1.47 bits per heavy atom. The predicted octanol–water partition coefficient (Wildman–Crippen LogP) is 2.68. The molecule has 0 bridgehead atoms. The first kappa shape index (κ1) is 12.2. The minimum absolute atomic E-state index is 0.0125. The SMILES string of the molecule is O=C(O)Cc1csc(C2CCOc3ccccc32)n1. The Labute approximate surface area is 114 Å². The van der Waals surface area contributed by atoms with Crippen molar-refractivity contribution in [3.05, 3.63) is 45.9 Å². The van der Waals surface area contributed by atoms with Gasteiger partial charge in [0.15, 0.2) is 0 Å². The Morgan fingerprint density at radius 3 is 3.16 bits per heavy atom. The van der Waals surface area contributed by atoms with Gasteiger partial charge in [-0.15, -0.1) is 11.3 Å². The number of benzene rings is 1. The van der Waals surface area contributed by atoms with Crippen LogP contribution in [0.15, 0.2) is 29.6 Å². The number of hydrogen-bond acceptors (Lipinski definition) is 4. The minimum atomic E-state index is -0.843. The fourth-order valence-electron chi connectivity index (χ4n) is 2.32. The topological polar surface area (TPSA) is 59.4 Å². The molecule has 0 amide bonds. The summed E-state index contributed by atoms with van der Waals surface area (Å²) in [6, 6.07) is 7.97. The molecule has 3 rings (SSSR count). The highest BCUT2D eigenvalue weighted by Crippen LogP contribution is 2.38. The lowest BCUT2D eigenvalue weighted by Crippen LogP contribution is -2.15. The van der Waals surface area contributed by atoms with Crippen LogP contribution in [0.25, 0.3) is 0 Å². The minimum Gasteiger partial charge on any atom is -0.493 e. The first-order valence-corrected chi connectivity index (χ1v) is 7.00. The van der Waals surface area contributed by atoms with Gasteiger partial charge >= 0.3 is 5.97 Å². The van der Waals surface area contributed by atoms with Crippen molar-refractivity contribution < 1.29 is 14.6 Å². The molecule has 1 N–H and O–H groups in total. The zero-order valence-electron chi connectivity index (χ0n) is 10.2. The largest absolute Gasteiger partial charge is 0.493 e. The van der Waals surface area contributed by atoms with Crippen LogP contribution in [0.3, 0.4) is 0 Å². The molecule has 1 atom stereocenters. The van der Waals surface area contributed by atoms with Gasteiger partial charge in [-0.2, -0.15) is 0 Å². The van der Waals surface area contributed by atoms with Gasteiger partial charge in [0, 0.05) is 16.9 Å². The van der Waals surface area contributed by atoms with Gasteiger partial charge in [-0.1, -0.05) is 18.2 Å². The maximum Gasteiger partial charge on any atom is 0.309 e. The van der Waals surface area contributed by atoms with Gasteiger partial charge in [-0.3, -0.25) is 4.79 Å². The number of aliphatic carboxylic acids is 1. The first-order valence-electron chi connectivity index (χ1n) is 6.12. The molecule has 0 saturated carbocycles. The molecule has 1 aliphatic heterocycles. The molecule has 0 spiro atoms. The molecule has 0 fully saturated rings. The van der Waals surface area contributed by atoms with Crippen LogP contribution in [0.2, 0.25) is 0 Å². The first-order chi connectivity index (χ1) is 9.24. The number of thiazole rings is 1. The molecular weight excluding hydrogens is 262 g/mol. The third-order valence-electron chi connectivity index (χ3n) is 3.16. The maximum atomic E-state index is 10.7. The average molecular weight is 275 g/mol. The third kappa shape index (κ3) is 2.46. The highest BCUT2D eigenvalue weighted by atomic mass is 32.1. The summed E-state index contributed by atoms with van der Waals surface area (Å²) < 4.78 is 5.63. The summed E-state index contributed by atoms with van der Waals surface area (Å²) >= 11 is 1.53. The monoisotopic (exact) mass is 275 g/mol.